The van der Waals surface area contributed by atoms with E-state index in [1.807, 2.05) is 0 Å². The minimum absolute atomic E-state index is 0.546. The number of non-ortho nitro benzene ring substituents is 1. The molecule has 0 aromatic heterocycles. The number of aromatic hydroxyl groups is 1. The molecular weight excluding hydrogens is 210 g/mol. The fourth-order valence-electron chi connectivity index (χ4n) is 0.904. The molecule has 0 radical (unpaired) electrons. The van der Waals surface area contributed by atoms with Crippen molar-refractivity contribution in [1.82, 2.24) is 0 Å². The monoisotopic (exact) mass is 213 g/mol. The maximum atomic E-state index is 10.3. The lowest BCUT2D eigenvalue weighted by Crippen LogP contribution is -1.93. The van der Waals surface area contributed by atoms with Gasteiger partial charge in [-0.3, -0.25) is 20.2 Å². The van der Waals surface area contributed by atoms with Gasteiger partial charge < -0.3 is 5.11 Å². The highest BCUT2D eigenvalue weighted by atomic mass is 16.6. The maximum Gasteiger partial charge on any atom is 0.320 e. The largest absolute Gasteiger partial charge is 0.500 e. The molecule has 78 valence electrons. The highest BCUT2D eigenvalue weighted by Gasteiger charge is 2.24. The molecule has 0 saturated heterocycles. The maximum absolute atomic E-state index is 10.3. The summed E-state index contributed by atoms with van der Waals surface area (Å²) in [6.45, 7) is 0. The summed E-state index contributed by atoms with van der Waals surface area (Å²) in [4.78, 5) is 28.8. The van der Waals surface area contributed by atoms with Gasteiger partial charge in [0.15, 0.2) is 5.69 Å². The lowest BCUT2D eigenvalue weighted by atomic mass is 10.2. The number of hydrogen-bond donors (Lipinski definition) is 1. The molecule has 15 heavy (non-hydrogen) atoms. The van der Waals surface area contributed by atoms with Crippen LogP contribution in [-0.4, -0.2) is 15.0 Å². The normalized spacial score (nSPS) is 9.60. The molecular formula is C6H3N3O6. The van der Waals surface area contributed by atoms with Gasteiger partial charge in [-0.25, -0.2) is 0 Å². The summed E-state index contributed by atoms with van der Waals surface area (Å²) in [6, 6.07) is 1.19. The van der Waals surface area contributed by atoms with E-state index in [0.717, 1.165) is 0 Å². The fourth-order valence-corrected chi connectivity index (χ4v) is 0.904. The topological polar surface area (TPSA) is 136 Å². The SMILES string of the molecule is O=Nc1cc([N+](=O)[O-])cc([N+](=O)[O-])c1O. The molecule has 0 atom stereocenters. The number of phenols is 1. The summed E-state index contributed by atoms with van der Waals surface area (Å²) in [5.41, 5.74) is -2.36. The summed E-state index contributed by atoms with van der Waals surface area (Å²) in [5.74, 6) is -0.986. The molecule has 1 aromatic rings. The average Bonchev–Trinajstić information content (AvgIpc) is 2.17. The summed E-state index contributed by atoms with van der Waals surface area (Å²) >= 11 is 0. The Kier molecular flexibility index (Phi) is 2.56. The van der Waals surface area contributed by atoms with Crippen LogP contribution < -0.4 is 0 Å². The van der Waals surface area contributed by atoms with Crippen LogP contribution in [0.4, 0.5) is 17.1 Å². The Hall–Kier alpha value is -2.58. The molecule has 0 bridgehead atoms. The Bertz CT molecular complexity index is 456. The molecule has 1 N–H and O–H groups in total. The van der Waals surface area contributed by atoms with Crippen LogP contribution in [-0.2, 0) is 0 Å². The lowest BCUT2D eigenvalue weighted by molar-refractivity contribution is -0.394. The van der Waals surface area contributed by atoms with Crippen LogP contribution in [0.15, 0.2) is 17.3 Å². The first kappa shape index (κ1) is 10.5. The Labute approximate surface area is 81.2 Å². The second-order valence-electron chi connectivity index (χ2n) is 2.44. The second kappa shape index (κ2) is 3.65. The van der Waals surface area contributed by atoms with Crippen LogP contribution in [0.1, 0.15) is 0 Å². The first-order valence-corrected chi connectivity index (χ1v) is 3.46. The van der Waals surface area contributed by atoms with Crippen LogP contribution >= 0.6 is 0 Å². The summed E-state index contributed by atoms with van der Waals surface area (Å²) in [6.07, 6.45) is 0. The second-order valence-corrected chi connectivity index (χ2v) is 2.44. The van der Waals surface area contributed by atoms with Crippen molar-refractivity contribution in [3.63, 3.8) is 0 Å². The Balaban J connectivity index is 3.51. The van der Waals surface area contributed by atoms with E-state index in [9.17, 15) is 25.1 Å². The highest BCUT2D eigenvalue weighted by Crippen LogP contribution is 2.39. The number of nitrogens with zero attached hydrogens (tertiary/aromatic N) is 3. The van der Waals surface area contributed by atoms with Crippen molar-refractivity contribution in [2.75, 3.05) is 0 Å². The molecule has 0 aliphatic rings. The van der Waals surface area contributed by atoms with Crippen LogP contribution in [0.5, 0.6) is 5.75 Å². The molecule has 9 heteroatoms. The molecule has 1 aromatic carbocycles. The minimum Gasteiger partial charge on any atom is -0.500 e. The van der Waals surface area contributed by atoms with Gasteiger partial charge in [0.1, 0.15) is 0 Å². The van der Waals surface area contributed by atoms with Gasteiger partial charge in [-0.2, -0.15) is 0 Å². The summed E-state index contributed by atoms with van der Waals surface area (Å²) in [7, 11) is 0. The lowest BCUT2D eigenvalue weighted by Gasteiger charge is -1.97. The molecule has 9 nitrogen and oxygen atoms in total. The number of nitro benzene ring substituents is 2. The minimum atomic E-state index is -1.04. The molecule has 0 unspecified atom stereocenters. The molecule has 0 aliphatic heterocycles. The zero-order valence-corrected chi connectivity index (χ0v) is 6.98. The van der Waals surface area contributed by atoms with E-state index in [2.05, 4.69) is 5.18 Å². The third-order valence-electron chi connectivity index (χ3n) is 1.56. The van der Waals surface area contributed by atoms with E-state index >= 15 is 0 Å². The van der Waals surface area contributed by atoms with Gasteiger partial charge in [-0.1, -0.05) is 0 Å². The van der Waals surface area contributed by atoms with E-state index in [4.69, 9.17) is 5.11 Å². The molecule has 0 fully saturated rings. The zero-order chi connectivity index (χ0) is 11.6. The molecule has 0 saturated carbocycles. The van der Waals surface area contributed by atoms with Gasteiger partial charge in [0.25, 0.3) is 5.69 Å². The van der Waals surface area contributed by atoms with Crippen LogP contribution in [0.25, 0.3) is 0 Å². The van der Waals surface area contributed by atoms with Crippen molar-refractivity contribution in [3.05, 3.63) is 37.3 Å². The van der Waals surface area contributed by atoms with E-state index in [-0.39, 0.29) is 0 Å². The number of rotatable bonds is 3. The van der Waals surface area contributed by atoms with Crippen LogP contribution in [0.2, 0.25) is 0 Å². The number of nitroso groups, excluding NO2 is 1. The van der Waals surface area contributed by atoms with E-state index in [1.54, 1.807) is 0 Å². The molecule has 0 aliphatic carbocycles. The quantitative estimate of drug-likeness (QED) is 0.460. The first-order valence-electron chi connectivity index (χ1n) is 3.46. The van der Waals surface area contributed by atoms with Gasteiger partial charge in [0.2, 0.25) is 5.75 Å². The van der Waals surface area contributed by atoms with Crippen LogP contribution in [0, 0.1) is 25.1 Å². The van der Waals surface area contributed by atoms with Crippen LogP contribution in [0.3, 0.4) is 0 Å². The highest BCUT2D eigenvalue weighted by molar-refractivity contribution is 5.67. The Morgan fingerprint density at radius 1 is 1.20 bits per heavy atom. The fraction of sp³-hybridized carbons (Fsp3) is 0. The Morgan fingerprint density at radius 2 is 1.80 bits per heavy atom. The van der Waals surface area contributed by atoms with E-state index < -0.39 is 32.7 Å². The van der Waals surface area contributed by atoms with Crippen molar-refractivity contribution < 1.29 is 15.0 Å². The van der Waals surface area contributed by atoms with Gasteiger partial charge in [-0.15, -0.1) is 4.91 Å². The van der Waals surface area contributed by atoms with E-state index in [0.29, 0.717) is 12.1 Å². The van der Waals surface area contributed by atoms with E-state index in [1.165, 1.54) is 0 Å². The van der Waals surface area contributed by atoms with Crippen molar-refractivity contribution in [2.24, 2.45) is 5.18 Å². The Morgan fingerprint density at radius 3 is 2.20 bits per heavy atom. The average molecular weight is 213 g/mol. The van der Waals surface area contributed by atoms with Crippen molar-refractivity contribution >= 4 is 17.1 Å². The van der Waals surface area contributed by atoms with Crippen molar-refractivity contribution in [1.29, 1.82) is 0 Å². The number of nitro groups is 2. The summed E-state index contributed by atoms with van der Waals surface area (Å²) in [5, 5.41) is 32.0. The third-order valence-corrected chi connectivity index (χ3v) is 1.56. The van der Waals surface area contributed by atoms with Gasteiger partial charge in [0.05, 0.1) is 15.9 Å². The third kappa shape index (κ3) is 1.85. The molecule has 0 heterocycles. The van der Waals surface area contributed by atoms with Crippen molar-refractivity contribution in [3.8, 4) is 5.75 Å². The molecule has 0 amide bonds. The van der Waals surface area contributed by atoms with Crippen molar-refractivity contribution in [2.45, 2.75) is 0 Å². The number of benzene rings is 1. The number of hydrogen-bond acceptors (Lipinski definition) is 7. The predicted molar refractivity (Wildman–Crippen MR) is 46.9 cm³/mol. The van der Waals surface area contributed by atoms with Gasteiger partial charge in [-0.05, 0) is 5.18 Å². The molecule has 0 spiro atoms. The smallest absolute Gasteiger partial charge is 0.320 e. The van der Waals surface area contributed by atoms with Gasteiger partial charge >= 0.3 is 5.69 Å². The summed E-state index contributed by atoms with van der Waals surface area (Å²) < 4.78 is 0. The molecule has 1 rings (SSSR count). The first-order chi connectivity index (χ1) is 6.97. The predicted octanol–water partition coefficient (Wildman–Crippen LogP) is 1.61. The number of phenolic OH excluding ortho intramolecular Hbond substituents is 1. The standard InChI is InChI=1S/C6H3N3O6/c10-6-4(7-11)1-3(8(12)13)2-5(6)9(14)15/h1-2,10H. The van der Waals surface area contributed by atoms with Gasteiger partial charge in [0, 0.05) is 6.07 Å². The zero-order valence-electron chi connectivity index (χ0n) is 6.98.